The predicted molar refractivity (Wildman–Crippen MR) is 119 cm³/mol. The minimum atomic E-state index is -3.93. The van der Waals surface area contributed by atoms with E-state index in [1.54, 1.807) is 37.3 Å². The van der Waals surface area contributed by atoms with E-state index in [0.717, 1.165) is 38.5 Å². The van der Waals surface area contributed by atoms with Crippen LogP contribution in [0.4, 0.5) is 17.1 Å². The minimum absolute atomic E-state index is 0.0933. The molecule has 1 N–H and O–H groups in total. The van der Waals surface area contributed by atoms with Gasteiger partial charge in [0.1, 0.15) is 5.69 Å². The number of hydrogen-bond acceptors (Lipinski definition) is 6. The molecule has 0 bridgehead atoms. The van der Waals surface area contributed by atoms with E-state index < -0.39 is 14.9 Å². The molecule has 162 valence electrons. The summed E-state index contributed by atoms with van der Waals surface area (Å²) in [5, 5.41) is 15.0. The van der Waals surface area contributed by atoms with Crippen LogP contribution in [-0.4, -0.2) is 50.5 Å². The lowest BCUT2D eigenvalue weighted by Crippen LogP contribution is -2.41. The van der Waals surface area contributed by atoms with Gasteiger partial charge in [-0.3, -0.25) is 14.4 Å². The van der Waals surface area contributed by atoms with E-state index in [-0.39, 0.29) is 23.2 Å². The second-order valence-electron chi connectivity index (χ2n) is 7.32. The van der Waals surface area contributed by atoms with Gasteiger partial charge in [0.15, 0.2) is 0 Å². The fourth-order valence-corrected chi connectivity index (χ4v) is 5.33. The van der Waals surface area contributed by atoms with Crippen molar-refractivity contribution in [1.82, 2.24) is 4.90 Å². The zero-order valence-electron chi connectivity index (χ0n) is 17.3. The number of sulfonamides is 1. The van der Waals surface area contributed by atoms with Crippen LogP contribution < -0.4 is 9.62 Å². The van der Waals surface area contributed by atoms with Gasteiger partial charge in [-0.25, -0.2) is 8.42 Å². The zero-order valence-corrected chi connectivity index (χ0v) is 18.1. The molecule has 30 heavy (non-hydrogen) atoms. The normalized spacial score (nSPS) is 17.5. The van der Waals surface area contributed by atoms with Crippen LogP contribution in [0.1, 0.15) is 26.7 Å². The Kier molecular flexibility index (Phi) is 6.94. The molecular formula is C21H28N4O4S. The number of para-hydroxylation sites is 1. The van der Waals surface area contributed by atoms with E-state index >= 15 is 0 Å². The predicted octanol–water partition coefficient (Wildman–Crippen LogP) is 3.71. The Morgan fingerprint density at radius 1 is 1.20 bits per heavy atom. The van der Waals surface area contributed by atoms with Crippen molar-refractivity contribution in [1.29, 1.82) is 0 Å². The van der Waals surface area contributed by atoms with Gasteiger partial charge >= 0.3 is 0 Å². The number of piperidine rings is 1. The number of likely N-dealkylation sites (N-methyl/N-ethyl adjacent to an activating group) is 1. The van der Waals surface area contributed by atoms with Crippen molar-refractivity contribution >= 4 is 27.1 Å². The van der Waals surface area contributed by atoms with Crippen molar-refractivity contribution in [3.8, 4) is 0 Å². The van der Waals surface area contributed by atoms with Gasteiger partial charge in [-0.2, -0.15) is 0 Å². The molecule has 0 aromatic heterocycles. The van der Waals surface area contributed by atoms with Crippen molar-refractivity contribution in [3.63, 3.8) is 0 Å². The van der Waals surface area contributed by atoms with Crippen LogP contribution in [0.15, 0.2) is 53.4 Å². The standard InChI is InChI=1S/C21H28N4O4S/c1-3-23-14-8-9-17(16-23)22-20-13-12-19(15-21(20)25(26)27)30(28,29)24(4-2)18-10-6-5-7-11-18/h5-7,10-13,15,17,22H,3-4,8-9,14,16H2,1-2H3/t17-/m1/s1. The van der Waals surface area contributed by atoms with Crippen LogP contribution in [0, 0.1) is 10.1 Å². The smallest absolute Gasteiger partial charge is 0.293 e. The van der Waals surface area contributed by atoms with Gasteiger partial charge in [0.25, 0.3) is 15.7 Å². The van der Waals surface area contributed by atoms with Crippen LogP contribution in [0.2, 0.25) is 0 Å². The van der Waals surface area contributed by atoms with Gasteiger partial charge in [-0.05, 0) is 57.1 Å². The molecule has 0 unspecified atom stereocenters. The topological polar surface area (TPSA) is 95.8 Å². The van der Waals surface area contributed by atoms with E-state index in [2.05, 4.69) is 17.1 Å². The summed E-state index contributed by atoms with van der Waals surface area (Å²) in [7, 11) is -3.93. The molecule has 1 aliphatic rings. The maximum atomic E-state index is 13.2. The lowest BCUT2D eigenvalue weighted by Gasteiger charge is -2.32. The molecule has 1 atom stereocenters. The second kappa shape index (κ2) is 9.44. The zero-order chi connectivity index (χ0) is 21.7. The van der Waals surface area contributed by atoms with E-state index in [1.165, 1.54) is 16.4 Å². The maximum absolute atomic E-state index is 13.2. The van der Waals surface area contributed by atoms with Crippen molar-refractivity contribution in [2.45, 2.75) is 37.6 Å². The highest BCUT2D eigenvalue weighted by Crippen LogP contribution is 2.32. The average molecular weight is 433 g/mol. The highest BCUT2D eigenvalue weighted by Gasteiger charge is 2.28. The van der Waals surface area contributed by atoms with Crippen LogP contribution >= 0.6 is 0 Å². The summed E-state index contributed by atoms with van der Waals surface area (Å²) in [5.74, 6) is 0. The first-order valence-electron chi connectivity index (χ1n) is 10.2. The van der Waals surface area contributed by atoms with Gasteiger partial charge in [0.05, 0.1) is 15.5 Å². The molecule has 8 nitrogen and oxygen atoms in total. The number of nitro groups is 1. The number of nitrogens with one attached hydrogen (secondary N) is 1. The van der Waals surface area contributed by atoms with E-state index in [4.69, 9.17) is 0 Å². The molecule has 1 aliphatic heterocycles. The third-order valence-electron chi connectivity index (χ3n) is 5.40. The van der Waals surface area contributed by atoms with Gasteiger partial charge in [-0.15, -0.1) is 0 Å². The number of benzene rings is 2. The number of nitrogens with zero attached hydrogens (tertiary/aromatic N) is 3. The Morgan fingerprint density at radius 2 is 1.93 bits per heavy atom. The Balaban J connectivity index is 1.91. The molecular weight excluding hydrogens is 404 g/mol. The monoisotopic (exact) mass is 432 g/mol. The molecule has 0 radical (unpaired) electrons. The number of nitro benzene ring substituents is 1. The van der Waals surface area contributed by atoms with E-state index in [1.807, 2.05) is 0 Å². The molecule has 0 saturated carbocycles. The largest absolute Gasteiger partial charge is 0.375 e. The molecule has 0 spiro atoms. The quantitative estimate of drug-likeness (QED) is 0.505. The Labute approximate surface area is 177 Å². The third-order valence-corrected chi connectivity index (χ3v) is 7.30. The van der Waals surface area contributed by atoms with Crippen molar-refractivity contribution < 1.29 is 13.3 Å². The lowest BCUT2D eigenvalue weighted by molar-refractivity contribution is -0.384. The van der Waals surface area contributed by atoms with Crippen molar-refractivity contribution in [3.05, 3.63) is 58.6 Å². The van der Waals surface area contributed by atoms with Gasteiger partial charge in [-0.1, -0.05) is 25.1 Å². The first-order valence-corrected chi connectivity index (χ1v) is 11.7. The summed E-state index contributed by atoms with van der Waals surface area (Å²) in [6.45, 7) is 6.82. The van der Waals surface area contributed by atoms with Crippen molar-refractivity contribution in [2.24, 2.45) is 0 Å². The molecule has 3 rings (SSSR count). The fourth-order valence-electron chi connectivity index (χ4n) is 3.84. The molecule has 9 heteroatoms. The molecule has 1 heterocycles. The number of anilines is 2. The summed E-state index contributed by atoms with van der Waals surface area (Å²) >= 11 is 0. The highest BCUT2D eigenvalue weighted by atomic mass is 32.2. The lowest BCUT2D eigenvalue weighted by atomic mass is 10.1. The Morgan fingerprint density at radius 3 is 2.57 bits per heavy atom. The molecule has 0 amide bonds. The fraction of sp³-hybridized carbons (Fsp3) is 0.429. The minimum Gasteiger partial charge on any atom is -0.375 e. The number of hydrogen-bond donors (Lipinski definition) is 1. The van der Waals surface area contributed by atoms with E-state index in [0.29, 0.717) is 11.4 Å². The van der Waals surface area contributed by atoms with E-state index in [9.17, 15) is 18.5 Å². The molecule has 0 aliphatic carbocycles. The first-order chi connectivity index (χ1) is 14.4. The molecule has 1 fully saturated rings. The number of likely N-dealkylation sites (tertiary alicyclic amines) is 1. The van der Waals surface area contributed by atoms with Crippen LogP contribution in [0.3, 0.4) is 0 Å². The summed E-state index contributed by atoms with van der Waals surface area (Å²) in [4.78, 5) is 13.4. The summed E-state index contributed by atoms with van der Waals surface area (Å²) in [6, 6.07) is 12.9. The summed E-state index contributed by atoms with van der Waals surface area (Å²) in [5.41, 5.74) is 0.644. The van der Waals surface area contributed by atoms with Crippen LogP contribution in [0.25, 0.3) is 0 Å². The second-order valence-corrected chi connectivity index (χ2v) is 9.18. The van der Waals surface area contributed by atoms with Crippen molar-refractivity contribution in [2.75, 3.05) is 35.8 Å². The average Bonchev–Trinajstić information content (AvgIpc) is 2.75. The van der Waals surface area contributed by atoms with Crippen LogP contribution in [0.5, 0.6) is 0 Å². The third kappa shape index (κ3) is 4.73. The Bertz CT molecular complexity index is 982. The molecule has 2 aromatic carbocycles. The Hall–Kier alpha value is -2.65. The SMILES string of the molecule is CCN1CCC[C@@H](Nc2ccc(S(=O)(=O)N(CC)c3ccccc3)cc2[N+](=O)[O-])C1. The van der Waals surface area contributed by atoms with Gasteiger partial charge in [0, 0.05) is 25.2 Å². The summed E-state index contributed by atoms with van der Waals surface area (Å²) < 4.78 is 27.6. The van der Waals surface area contributed by atoms with Gasteiger partial charge < -0.3 is 10.2 Å². The van der Waals surface area contributed by atoms with Gasteiger partial charge in [0.2, 0.25) is 0 Å². The first kappa shape index (κ1) is 22.0. The van der Waals surface area contributed by atoms with Crippen LogP contribution in [-0.2, 0) is 10.0 Å². The molecule has 2 aromatic rings. The maximum Gasteiger partial charge on any atom is 0.293 e. The highest BCUT2D eigenvalue weighted by molar-refractivity contribution is 7.92. The summed E-state index contributed by atoms with van der Waals surface area (Å²) in [6.07, 6.45) is 1.94. The number of rotatable bonds is 8. The molecule has 1 saturated heterocycles.